The van der Waals surface area contributed by atoms with Crippen LogP contribution in [0.15, 0.2) is 23.4 Å². The highest BCUT2D eigenvalue weighted by molar-refractivity contribution is 5.92. The minimum atomic E-state index is -0.200. The van der Waals surface area contributed by atoms with Gasteiger partial charge in [-0.1, -0.05) is 0 Å². The summed E-state index contributed by atoms with van der Waals surface area (Å²) in [5.41, 5.74) is 1.64. The number of carbonyl (C=O) groups excluding carboxylic acids is 1. The number of hydrogen-bond acceptors (Lipinski definition) is 4. The van der Waals surface area contributed by atoms with E-state index in [0.717, 1.165) is 5.69 Å². The van der Waals surface area contributed by atoms with E-state index in [1.165, 1.54) is 18.6 Å². The Morgan fingerprint density at radius 3 is 3.00 bits per heavy atom. The fourth-order valence-corrected chi connectivity index (χ4v) is 2.06. The summed E-state index contributed by atoms with van der Waals surface area (Å²) in [6, 6.07) is 0. The summed E-state index contributed by atoms with van der Waals surface area (Å²) in [6.45, 7) is 0.875. The van der Waals surface area contributed by atoms with Gasteiger partial charge in [-0.3, -0.25) is 19.7 Å². The summed E-state index contributed by atoms with van der Waals surface area (Å²) in [7, 11) is 0. The van der Waals surface area contributed by atoms with Crippen LogP contribution in [0.4, 0.5) is 0 Å². The smallest absolute Gasteiger partial charge is 0.274 e. The Labute approximate surface area is 102 Å². The van der Waals surface area contributed by atoms with Crippen molar-refractivity contribution in [1.29, 1.82) is 0 Å². The number of nitrogens with zero attached hydrogens (tertiary/aromatic N) is 3. The molecule has 1 aliphatic rings. The van der Waals surface area contributed by atoms with Gasteiger partial charge in [0.25, 0.3) is 11.5 Å². The van der Waals surface area contributed by atoms with Crippen molar-refractivity contribution in [2.75, 3.05) is 6.54 Å². The number of hydrogen-bond donors (Lipinski definition) is 2. The molecule has 0 bridgehead atoms. The van der Waals surface area contributed by atoms with Crippen molar-refractivity contribution in [3.05, 3.63) is 45.9 Å². The predicted octanol–water partition coefficient (Wildman–Crippen LogP) is -0.309. The Bertz CT molecular complexity index is 630. The lowest BCUT2D eigenvalue weighted by atomic mass is 10.1. The molecule has 0 atom stereocenters. The van der Waals surface area contributed by atoms with Crippen molar-refractivity contribution in [2.45, 2.75) is 13.0 Å². The molecule has 0 spiro atoms. The van der Waals surface area contributed by atoms with Gasteiger partial charge in [-0.2, -0.15) is 0 Å². The third-order valence-corrected chi connectivity index (χ3v) is 3.02. The molecule has 0 aromatic carbocycles. The highest BCUT2D eigenvalue weighted by atomic mass is 16.2. The van der Waals surface area contributed by atoms with Gasteiger partial charge in [-0.15, -0.1) is 0 Å². The second-order valence-electron chi connectivity index (χ2n) is 4.10. The van der Waals surface area contributed by atoms with E-state index in [9.17, 15) is 9.59 Å². The van der Waals surface area contributed by atoms with E-state index in [-0.39, 0.29) is 11.5 Å². The lowest BCUT2D eigenvalue weighted by Gasteiger charge is -2.25. The van der Waals surface area contributed by atoms with Gasteiger partial charge in [0.1, 0.15) is 5.69 Å². The maximum Gasteiger partial charge on any atom is 0.274 e. The number of H-pyrrole nitrogens is 2. The first-order valence-electron chi connectivity index (χ1n) is 5.59. The lowest BCUT2D eigenvalue weighted by Crippen LogP contribution is -2.37. The van der Waals surface area contributed by atoms with Gasteiger partial charge in [-0.05, 0) is 0 Å². The molecule has 3 heterocycles. The third-order valence-electron chi connectivity index (χ3n) is 3.02. The van der Waals surface area contributed by atoms with Crippen LogP contribution < -0.4 is 5.56 Å². The fourth-order valence-electron chi connectivity index (χ4n) is 2.06. The van der Waals surface area contributed by atoms with Gasteiger partial charge in [0.05, 0.1) is 18.3 Å². The molecular formula is C11H11N5O2. The van der Waals surface area contributed by atoms with Crippen LogP contribution in [-0.4, -0.2) is 37.5 Å². The molecule has 7 heteroatoms. The maximum absolute atomic E-state index is 12.1. The molecule has 2 aromatic heterocycles. The van der Waals surface area contributed by atoms with E-state index in [1.54, 1.807) is 4.90 Å². The molecular weight excluding hydrogens is 234 g/mol. The van der Waals surface area contributed by atoms with Crippen LogP contribution >= 0.6 is 0 Å². The SMILES string of the molecule is O=C(c1cnccn1)N1CCc2[nH][nH]c(=O)c2C1. The van der Waals surface area contributed by atoms with Crippen molar-refractivity contribution in [3.63, 3.8) is 0 Å². The fraction of sp³-hybridized carbons (Fsp3) is 0.273. The van der Waals surface area contributed by atoms with E-state index in [2.05, 4.69) is 20.2 Å². The molecule has 0 radical (unpaired) electrons. The number of amides is 1. The number of carbonyl (C=O) groups is 1. The second-order valence-corrected chi connectivity index (χ2v) is 4.10. The highest BCUT2D eigenvalue weighted by Gasteiger charge is 2.25. The molecule has 0 unspecified atom stereocenters. The van der Waals surface area contributed by atoms with E-state index in [4.69, 9.17) is 0 Å². The van der Waals surface area contributed by atoms with Crippen molar-refractivity contribution in [3.8, 4) is 0 Å². The first-order valence-corrected chi connectivity index (χ1v) is 5.59. The zero-order chi connectivity index (χ0) is 12.5. The van der Waals surface area contributed by atoms with Crippen molar-refractivity contribution in [1.82, 2.24) is 25.1 Å². The Kier molecular flexibility index (Phi) is 2.44. The van der Waals surface area contributed by atoms with Gasteiger partial charge < -0.3 is 10.00 Å². The largest absolute Gasteiger partial charge is 0.332 e. The zero-order valence-corrected chi connectivity index (χ0v) is 9.51. The Morgan fingerprint density at radius 1 is 1.33 bits per heavy atom. The maximum atomic E-state index is 12.1. The lowest BCUT2D eigenvalue weighted by molar-refractivity contribution is 0.0727. The van der Waals surface area contributed by atoms with Gasteiger partial charge in [0.15, 0.2) is 0 Å². The van der Waals surface area contributed by atoms with Crippen LogP contribution in [0.5, 0.6) is 0 Å². The Hall–Kier alpha value is -2.44. The molecule has 92 valence electrons. The van der Waals surface area contributed by atoms with E-state index < -0.39 is 0 Å². The average Bonchev–Trinajstić information content (AvgIpc) is 2.80. The first kappa shape index (κ1) is 10.7. The molecule has 2 N–H and O–H groups in total. The van der Waals surface area contributed by atoms with Crippen LogP contribution in [0.1, 0.15) is 21.7 Å². The standard InChI is InChI=1S/C11H11N5O2/c17-10-7-6-16(4-1-8(7)14-15-10)11(18)9-5-12-2-3-13-9/h2-3,5H,1,4,6H2,(H2,14,15,17). The first-order chi connectivity index (χ1) is 8.75. The van der Waals surface area contributed by atoms with Crippen molar-refractivity contribution < 1.29 is 4.79 Å². The van der Waals surface area contributed by atoms with Crippen LogP contribution in [0.3, 0.4) is 0 Å². The average molecular weight is 245 g/mol. The summed E-state index contributed by atoms with van der Waals surface area (Å²) >= 11 is 0. The summed E-state index contributed by atoms with van der Waals surface area (Å²) in [4.78, 5) is 33.1. The number of aromatic amines is 2. The van der Waals surface area contributed by atoms with Gasteiger partial charge in [0, 0.05) is 31.1 Å². The van der Waals surface area contributed by atoms with E-state index in [0.29, 0.717) is 30.8 Å². The van der Waals surface area contributed by atoms with Crippen LogP contribution in [0, 0.1) is 0 Å². The molecule has 1 aliphatic heterocycles. The second kappa shape index (κ2) is 4.10. The molecule has 3 rings (SSSR count). The summed E-state index contributed by atoms with van der Waals surface area (Å²) in [6.07, 6.45) is 5.06. The zero-order valence-electron chi connectivity index (χ0n) is 9.51. The summed E-state index contributed by atoms with van der Waals surface area (Å²) in [5, 5.41) is 5.35. The number of nitrogens with one attached hydrogen (secondary N) is 2. The monoisotopic (exact) mass is 245 g/mol. The molecule has 1 amide bonds. The van der Waals surface area contributed by atoms with Crippen LogP contribution in [0.25, 0.3) is 0 Å². The topological polar surface area (TPSA) is 94.7 Å². The van der Waals surface area contributed by atoms with Gasteiger partial charge >= 0.3 is 0 Å². The van der Waals surface area contributed by atoms with Crippen molar-refractivity contribution >= 4 is 5.91 Å². The quantitative estimate of drug-likeness (QED) is 0.720. The normalized spacial score (nSPS) is 14.3. The molecule has 0 saturated carbocycles. The minimum Gasteiger partial charge on any atom is -0.332 e. The molecule has 18 heavy (non-hydrogen) atoms. The molecule has 0 fully saturated rings. The number of fused-ring (bicyclic) bond motifs is 1. The number of rotatable bonds is 1. The Balaban J connectivity index is 1.86. The highest BCUT2D eigenvalue weighted by Crippen LogP contribution is 2.14. The van der Waals surface area contributed by atoms with Crippen LogP contribution in [0.2, 0.25) is 0 Å². The summed E-state index contributed by atoms with van der Waals surface area (Å²) < 4.78 is 0. The number of aromatic nitrogens is 4. The van der Waals surface area contributed by atoms with Gasteiger partial charge in [0.2, 0.25) is 0 Å². The molecule has 0 saturated heterocycles. The predicted molar refractivity (Wildman–Crippen MR) is 61.9 cm³/mol. The van der Waals surface area contributed by atoms with Crippen molar-refractivity contribution in [2.24, 2.45) is 0 Å². The third kappa shape index (κ3) is 1.69. The molecule has 7 nitrogen and oxygen atoms in total. The van der Waals surface area contributed by atoms with Gasteiger partial charge in [-0.25, -0.2) is 4.98 Å². The Morgan fingerprint density at radius 2 is 2.22 bits per heavy atom. The minimum absolute atomic E-state index is 0.165. The molecule has 0 aliphatic carbocycles. The van der Waals surface area contributed by atoms with E-state index >= 15 is 0 Å². The molecule has 2 aromatic rings. The summed E-state index contributed by atoms with van der Waals surface area (Å²) in [5.74, 6) is -0.200. The van der Waals surface area contributed by atoms with E-state index in [1.807, 2.05) is 0 Å². The van der Waals surface area contributed by atoms with Crippen LogP contribution in [-0.2, 0) is 13.0 Å².